The van der Waals surface area contributed by atoms with E-state index in [1.807, 2.05) is 37.3 Å². The first-order valence-corrected chi connectivity index (χ1v) is 10.1. The summed E-state index contributed by atoms with van der Waals surface area (Å²) < 4.78 is 8.42. The molecule has 4 aromatic rings. The molecule has 0 radical (unpaired) electrons. The number of fused-ring (bicyclic) bond motifs is 1. The van der Waals surface area contributed by atoms with Gasteiger partial charge in [0, 0.05) is 21.2 Å². The number of hydrogen-bond acceptors (Lipinski definition) is 4. The third-order valence-electron chi connectivity index (χ3n) is 4.65. The maximum absolute atomic E-state index is 6.29. The third kappa shape index (κ3) is 4.24. The minimum absolute atomic E-state index is 0.339. The Hall–Kier alpha value is -2.54. The van der Waals surface area contributed by atoms with Crippen molar-refractivity contribution in [3.05, 3.63) is 86.4 Å². The monoisotopic (exact) mass is 444 g/mol. The zero-order valence-electron chi connectivity index (χ0n) is 15.6. The first-order chi connectivity index (χ1) is 14.0. The van der Waals surface area contributed by atoms with E-state index in [-0.39, 0.29) is 0 Å². The van der Waals surface area contributed by atoms with E-state index in [0.29, 0.717) is 28.0 Å². The van der Waals surface area contributed by atoms with Crippen LogP contribution in [0.25, 0.3) is 10.8 Å². The highest BCUT2D eigenvalue weighted by molar-refractivity contribution is 7.71. The molecule has 0 fully saturated rings. The van der Waals surface area contributed by atoms with Crippen LogP contribution in [0.3, 0.4) is 0 Å². The Bertz CT molecular complexity index is 1240. The number of H-pyrrole nitrogens is 1. The SMILES string of the molecule is Cc1n[nH]c(=S)n1NCc1c(OCc2ccc(Cl)cc2Cl)ccc2ccccc12. The molecule has 1 aromatic heterocycles. The molecule has 0 bridgehead atoms. The molecule has 0 saturated carbocycles. The minimum atomic E-state index is 0.339. The lowest BCUT2D eigenvalue weighted by molar-refractivity contribution is 0.303. The van der Waals surface area contributed by atoms with Crippen LogP contribution < -0.4 is 10.2 Å². The third-order valence-corrected chi connectivity index (χ3v) is 5.51. The maximum atomic E-state index is 6.29. The average molecular weight is 445 g/mol. The lowest BCUT2D eigenvalue weighted by Gasteiger charge is -2.16. The van der Waals surface area contributed by atoms with E-state index in [0.717, 1.165) is 33.5 Å². The Labute approximate surface area is 183 Å². The van der Waals surface area contributed by atoms with Crippen molar-refractivity contribution < 1.29 is 4.74 Å². The molecule has 2 N–H and O–H groups in total. The lowest BCUT2D eigenvalue weighted by atomic mass is 10.0. The van der Waals surface area contributed by atoms with Gasteiger partial charge in [-0.3, -0.25) is 5.10 Å². The summed E-state index contributed by atoms with van der Waals surface area (Å²) >= 11 is 17.6. The Morgan fingerprint density at radius 1 is 1.14 bits per heavy atom. The van der Waals surface area contributed by atoms with Gasteiger partial charge < -0.3 is 10.2 Å². The maximum Gasteiger partial charge on any atom is 0.214 e. The number of aromatic nitrogens is 3. The van der Waals surface area contributed by atoms with Crippen LogP contribution in [0.4, 0.5) is 0 Å². The molecule has 0 saturated heterocycles. The van der Waals surface area contributed by atoms with Crippen molar-refractivity contribution >= 4 is 46.2 Å². The van der Waals surface area contributed by atoms with Crippen molar-refractivity contribution in [2.75, 3.05) is 5.43 Å². The van der Waals surface area contributed by atoms with Gasteiger partial charge in [-0.25, -0.2) is 4.68 Å². The molecule has 0 aliphatic heterocycles. The number of nitrogens with zero attached hydrogens (tertiary/aromatic N) is 2. The summed E-state index contributed by atoms with van der Waals surface area (Å²) in [6.45, 7) is 2.73. The highest BCUT2D eigenvalue weighted by atomic mass is 35.5. The zero-order valence-corrected chi connectivity index (χ0v) is 17.9. The Kier molecular flexibility index (Phi) is 5.76. The van der Waals surface area contributed by atoms with E-state index < -0.39 is 0 Å². The first kappa shape index (κ1) is 19.8. The number of benzene rings is 3. The normalized spacial score (nSPS) is 11.0. The Balaban J connectivity index is 1.66. The molecule has 0 aliphatic rings. The summed E-state index contributed by atoms with van der Waals surface area (Å²) in [5.74, 6) is 1.53. The van der Waals surface area contributed by atoms with Crippen molar-refractivity contribution in [1.82, 2.24) is 14.9 Å². The topological polar surface area (TPSA) is 54.9 Å². The molecule has 1 heterocycles. The van der Waals surface area contributed by atoms with Crippen LogP contribution in [0, 0.1) is 11.7 Å². The van der Waals surface area contributed by atoms with Crippen molar-refractivity contribution in [2.45, 2.75) is 20.1 Å². The predicted molar refractivity (Wildman–Crippen MR) is 120 cm³/mol. The number of aryl methyl sites for hydroxylation is 1. The van der Waals surface area contributed by atoms with E-state index in [9.17, 15) is 0 Å². The van der Waals surface area contributed by atoms with E-state index in [2.05, 4.69) is 27.8 Å². The second kappa shape index (κ2) is 8.45. The smallest absolute Gasteiger partial charge is 0.214 e. The van der Waals surface area contributed by atoms with Gasteiger partial charge in [-0.15, -0.1) is 0 Å². The van der Waals surface area contributed by atoms with E-state index in [4.69, 9.17) is 40.2 Å². The number of rotatable bonds is 6. The average Bonchev–Trinajstić information content (AvgIpc) is 3.03. The molecule has 3 aromatic carbocycles. The van der Waals surface area contributed by atoms with Gasteiger partial charge in [0.05, 0.1) is 6.54 Å². The molecule has 4 rings (SSSR count). The fourth-order valence-electron chi connectivity index (χ4n) is 3.15. The predicted octanol–water partition coefficient (Wildman–Crippen LogP) is 6.03. The van der Waals surface area contributed by atoms with Gasteiger partial charge in [-0.2, -0.15) is 5.10 Å². The van der Waals surface area contributed by atoms with Gasteiger partial charge in [0.15, 0.2) is 0 Å². The van der Waals surface area contributed by atoms with Crippen LogP contribution in [0.15, 0.2) is 54.6 Å². The molecule has 0 amide bonds. The van der Waals surface area contributed by atoms with Gasteiger partial charge in [-0.05, 0) is 48.1 Å². The van der Waals surface area contributed by atoms with Crippen LogP contribution in [0.5, 0.6) is 5.75 Å². The Morgan fingerprint density at radius 3 is 2.72 bits per heavy atom. The molecule has 0 atom stereocenters. The summed E-state index contributed by atoms with van der Waals surface area (Å²) in [6, 6.07) is 17.6. The molecule has 0 unspecified atom stereocenters. The van der Waals surface area contributed by atoms with Crippen LogP contribution in [0.1, 0.15) is 17.0 Å². The fraction of sp³-hybridized carbons (Fsp3) is 0.143. The standard InChI is InChI=1S/C21H18Cl2N4OS/c1-13-25-26-21(29)27(13)24-11-18-17-5-3-2-4-14(17)7-9-20(18)28-12-15-6-8-16(22)10-19(15)23/h2-10,24H,11-12H2,1H3,(H,26,29). The van der Waals surface area contributed by atoms with Crippen LogP contribution >= 0.6 is 35.4 Å². The highest BCUT2D eigenvalue weighted by Gasteiger charge is 2.11. The summed E-state index contributed by atoms with van der Waals surface area (Å²) in [4.78, 5) is 0. The van der Waals surface area contributed by atoms with Gasteiger partial charge in [0.1, 0.15) is 18.2 Å². The summed E-state index contributed by atoms with van der Waals surface area (Å²) in [5.41, 5.74) is 5.22. The molecule has 29 heavy (non-hydrogen) atoms. The summed E-state index contributed by atoms with van der Waals surface area (Å²) in [6.07, 6.45) is 0. The Morgan fingerprint density at radius 2 is 1.97 bits per heavy atom. The largest absolute Gasteiger partial charge is 0.488 e. The molecular formula is C21H18Cl2N4OS. The zero-order chi connectivity index (χ0) is 20.4. The number of nitrogens with one attached hydrogen (secondary N) is 2. The number of hydrogen-bond donors (Lipinski definition) is 2. The molecule has 148 valence electrons. The first-order valence-electron chi connectivity index (χ1n) is 8.98. The molecule has 0 spiro atoms. The molecule has 5 nitrogen and oxygen atoms in total. The van der Waals surface area contributed by atoms with Crippen LogP contribution in [-0.2, 0) is 13.2 Å². The van der Waals surface area contributed by atoms with E-state index in [1.165, 1.54) is 0 Å². The molecular weight excluding hydrogens is 427 g/mol. The van der Waals surface area contributed by atoms with Crippen LogP contribution in [0.2, 0.25) is 10.0 Å². The van der Waals surface area contributed by atoms with Gasteiger partial charge in [0.25, 0.3) is 0 Å². The number of aromatic amines is 1. The van der Waals surface area contributed by atoms with Crippen molar-refractivity contribution in [3.8, 4) is 5.75 Å². The molecule has 8 heteroatoms. The highest BCUT2D eigenvalue weighted by Crippen LogP contribution is 2.30. The van der Waals surface area contributed by atoms with Gasteiger partial charge in [-0.1, -0.05) is 59.6 Å². The quantitative estimate of drug-likeness (QED) is 0.356. The lowest BCUT2D eigenvalue weighted by Crippen LogP contribution is -2.17. The van der Waals surface area contributed by atoms with Gasteiger partial charge >= 0.3 is 0 Å². The van der Waals surface area contributed by atoms with Crippen molar-refractivity contribution in [1.29, 1.82) is 0 Å². The van der Waals surface area contributed by atoms with Gasteiger partial charge in [0.2, 0.25) is 4.77 Å². The fourth-order valence-corrected chi connectivity index (χ4v) is 3.85. The summed E-state index contributed by atoms with van der Waals surface area (Å²) in [5, 5.41) is 10.3. The van der Waals surface area contributed by atoms with Crippen LogP contribution in [-0.4, -0.2) is 14.9 Å². The van der Waals surface area contributed by atoms with E-state index in [1.54, 1.807) is 16.8 Å². The number of halogens is 2. The minimum Gasteiger partial charge on any atom is -0.488 e. The van der Waals surface area contributed by atoms with E-state index >= 15 is 0 Å². The number of ether oxygens (including phenoxy) is 1. The second-order valence-corrected chi connectivity index (χ2v) is 7.76. The van der Waals surface area contributed by atoms with Crippen molar-refractivity contribution in [3.63, 3.8) is 0 Å². The molecule has 0 aliphatic carbocycles. The summed E-state index contributed by atoms with van der Waals surface area (Å²) in [7, 11) is 0. The second-order valence-electron chi connectivity index (χ2n) is 6.53. The van der Waals surface area contributed by atoms with Crippen molar-refractivity contribution in [2.24, 2.45) is 0 Å².